The van der Waals surface area contributed by atoms with Gasteiger partial charge in [-0.3, -0.25) is 9.52 Å². The van der Waals surface area contributed by atoms with Gasteiger partial charge in [-0.1, -0.05) is 31.2 Å². The Balaban J connectivity index is 1.87. The van der Waals surface area contributed by atoms with Crippen molar-refractivity contribution in [2.45, 2.75) is 32.7 Å². The molecule has 0 aliphatic carbocycles. The molecule has 0 bridgehead atoms. The maximum atomic E-state index is 12.5. The molecular weight excluding hydrogens is 390 g/mol. The maximum absolute atomic E-state index is 12.5. The topological polar surface area (TPSA) is 88.1 Å². The summed E-state index contributed by atoms with van der Waals surface area (Å²) in [5, 5.41) is 6.12. The van der Waals surface area contributed by atoms with Crippen molar-refractivity contribution < 1.29 is 17.9 Å². The first-order valence-electron chi connectivity index (χ1n) is 9.51. The van der Waals surface area contributed by atoms with Gasteiger partial charge in [-0.2, -0.15) is 5.10 Å². The summed E-state index contributed by atoms with van der Waals surface area (Å²) in [6.45, 7) is 3.40. The molecule has 0 aromatic heterocycles. The van der Waals surface area contributed by atoms with E-state index in [0.717, 1.165) is 22.6 Å². The van der Waals surface area contributed by atoms with Gasteiger partial charge < -0.3 is 4.74 Å². The lowest BCUT2D eigenvalue weighted by Crippen LogP contribution is -2.26. The van der Waals surface area contributed by atoms with Gasteiger partial charge in [0.05, 0.1) is 24.6 Å². The van der Waals surface area contributed by atoms with E-state index in [2.05, 4.69) is 9.82 Å². The summed E-state index contributed by atoms with van der Waals surface area (Å²) < 4.78 is 31.3. The number of anilines is 1. The van der Waals surface area contributed by atoms with Gasteiger partial charge in [0.15, 0.2) is 0 Å². The maximum Gasteiger partial charge on any atom is 0.242 e. The van der Waals surface area contributed by atoms with Crippen molar-refractivity contribution >= 4 is 27.3 Å². The fourth-order valence-electron chi connectivity index (χ4n) is 3.17. The molecule has 0 radical (unpaired) electrons. The van der Waals surface area contributed by atoms with Crippen LogP contribution in [0.4, 0.5) is 5.69 Å². The first-order chi connectivity index (χ1) is 13.9. The minimum absolute atomic E-state index is 0.0117. The highest BCUT2D eigenvalue weighted by atomic mass is 32.2. The summed E-state index contributed by atoms with van der Waals surface area (Å²) in [4.78, 5) is 12.5. The highest BCUT2D eigenvalue weighted by molar-refractivity contribution is 7.92. The number of rotatable bonds is 7. The Hall–Kier alpha value is -2.87. The number of carbonyl (C=O) groups excluding carboxylic acids is 1. The van der Waals surface area contributed by atoms with Gasteiger partial charge in [0, 0.05) is 18.5 Å². The zero-order chi connectivity index (χ0) is 21.0. The number of carbonyl (C=O) groups is 1. The van der Waals surface area contributed by atoms with Crippen LogP contribution in [0.1, 0.15) is 43.9 Å². The van der Waals surface area contributed by atoms with Crippen LogP contribution in [0.25, 0.3) is 0 Å². The molecule has 0 fully saturated rings. The van der Waals surface area contributed by atoms with Crippen LogP contribution in [0, 0.1) is 0 Å². The molecule has 1 atom stereocenters. The van der Waals surface area contributed by atoms with E-state index in [1.54, 1.807) is 26.2 Å². The monoisotopic (exact) mass is 415 g/mol. The van der Waals surface area contributed by atoms with Crippen LogP contribution in [0.15, 0.2) is 53.6 Å². The van der Waals surface area contributed by atoms with E-state index >= 15 is 0 Å². The number of ether oxygens (including phenoxy) is 1. The van der Waals surface area contributed by atoms with Crippen molar-refractivity contribution in [3.63, 3.8) is 0 Å². The lowest BCUT2D eigenvalue weighted by molar-refractivity contribution is -0.132. The Morgan fingerprint density at radius 3 is 2.55 bits per heavy atom. The third kappa shape index (κ3) is 4.76. The smallest absolute Gasteiger partial charge is 0.242 e. The summed E-state index contributed by atoms with van der Waals surface area (Å²) in [7, 11) is -1.71. The first-order valence-corrected chi connectivity index (χ1v) is 11.2. The minimum atomic E-state index is -3.32. The summed E-state index contributed by atoms with van der Waals surface area (Å²) in [5.74, 6) is 0.685. The molecule has 0 spiro atoms. The number of benzene rings is 2. The Bertz CT molecular complexity index is 1020. The SMILES string of the molecule is CCC(=O)N1N=C(c2ccc(NS(=O)(=O)CC)cc2)C[C@H]1c1cccc(OC)c1. The zero-order valence-corrected chi connectivity index (χ0v) is 17.6. The van der Waals surface area contributed by atoms with Crippen LogP contribution in [0.2, 0.25) is 0 Å². The number of sulfonamides is 1. The molecule has 3 rings (SSSR count). The van der Waals surface area contributed by atoms with Gasteiger partial charge in [0.25, 0.3) is 0 Å². The van der Waals surface area contributed by atoms with Crippen molar-refractivity contribution in [2.24, 2.45) is 5.10 Å². The number of nitrogens with one attached hydrogen (secondary N) is 1. The molecule has 0 saturated carbocycles. The third-order valence-corrected chi connectivity index (χ3v) is 6.13. The number of hydrogen-bond acceptors (Lipinski definition) is 5. The highest BCUT2D eigenvalue weighted by Gasteiger charge is 2.32. The molecule has 0 unspecified atom stereocenters. The molecule has 1 aliphatic rings. The highest BCUT2D eigenvalue weighted by Crippen LogP contribution is 2.34. The molecule has 2 aromatic carbocycles. The standard InChI is InChI=1S/C21H25N3O4S/c1-4-21(25)24-20(16-7-6-8-18(13-16)28-3)14-19(22-24)15-9-11-17(12-10-15)23-29(26,27)5-2/h6-13,20,23H,4-5,14H2,1-3H3/t20-/m0/s1. The fraction of sp³-hybridized carbons (Fsp3) is 0.333. The summed E-state index contributed by atoms with van der Waals surface area (Å²) in [6.07, 6.45) is 0.925. The molecule has 154 valence electrons. The molecule has 1 amide bonds. The fourth-order valence-corrected chi connectivity index (χ4v) is 3.81. The molecule has 1 aliphatic heterocycles. The van der Waals surface area contributed by atoms with E-state index in [1.165, 1.54) is 5.01 Å². The normalized spacial score (nSPS) is 16.4. The van der Waals surface area contributed by atoms with Crippen LogP contribution in [0.3, 0.4) is 0 Å². The Morgan fingerprint density at radius 1 is 1.21 bits per heavy atom. The first kappa shape index (κ1) is 20.9. The second-order valence-electron chi connectivity index (χ2n) is 6.72. The van der Waals surface area contributed by atoms with Crippen molar-refractivity contribution in [3.05, 3.63) is 59.7 Å². The van der Waals surface area contributed by atoms with Crippen molar-refractivity contribution in [1.82, 2.24) is 5.01 Å². The number of hydrogen-bond donors (Lipinski definition) is 1. The Labute approximate surface area is 171 Å². The van der Waals surface area contributed by atoms with Crippen LogP contribution in [-0.2, 0) is 14.8 Å². The Morgan fingerprint density at radius 2 is 1.93 bits per heavy atom. The van der Waals surface area contributed by atoms with Crippen LogP contribution < -0.4 is 9.46 Å². The lowest BCUT2D eigenvalue weighted by atomic mass is 9.98. The van der Waals surface area contributed by atoms with Gasteiger partial charge in [0.2, 0.25) is 15.9 Å². The Kier molecular flexibility index (Phi) is 6.22. The average molecular weight is 416 g/mol. The molecule has 29 heavy (non-hydrogen) atoms. The third-order valence-electron chi connectivity index (χ3n) is 4.82. The second-order valence-corrected chi connectivity index (χ2v) is 8.73. The zero-order valence-electron chi connectivity index (χ0n) is 16.8. The van der Waals surface area contributed by atoms with Gasteiger partial charge in [0.1, 0.15) is 5.75 Å². The summed E-state index contributed by atoms with van der Waals surface area (Å²) in [5.41, 5.74) is 3.09. The van der Waals surface area contributed by atoms with Gasteiger partial charge in [-0.15, -0.1) is 0 Å². The molecule has 1 N–H and O–H groups in total. The van der Waals surface area contributed by atoms with E-state index in [9.17, 15) is 13.2 Å². The summed E-state index contributed by atoms with van der Waals surface area (Å²) >= 11 is 0. The van der Waals surface area contributed by atoms with E-state index in [4.69, 9.17) is 4.74 Å². The van der Waals surface area contributed by atoms with Crippen molar-refractivity contribution in [3.8, 4) is 5.75 Å². The van der Waals surface area contributed by atoms with Crippen LogP contribution in [-0.4, -0.2) is 37.9 Å². The van der Waals surface area contributed by atoms with Crippen molar-refractivity contribution in [1.29, 1.82) is 0 Å². The van der Waals surface area contributed by atoms with Gasteiger partial charge in [-0.05, 0) is 42.3 Å². The minimum Gasteiger partial charge on any atom is -0.497 e. The predicted molar refractivity (Wildman–Crippen MR) is 114 cm³/mol. The molecule has 0 saturated heterocycles. The quantitative estimate of drug-likeness (QED) is 0.749. The number of nitrogens with zero attached hydrogens (tertiary/aromatic N) is 2. The molecule has 7 nitrogen and oxygen atoms in total. The van der Waals surface area contributed by atoms with E-state index in [1.807, 2.05) is 43.3 Å². The lowest BCUT2D eigenvalue weighted by Gasteiger charge is -2.21. The second kappa shape index (κ2) is 8.65. The van der Waals surface area contributed by atoms with Gasteiger partial charge in [-0.25, -0.2) is 13.4 Å². The van der Waals surface area contributed by atoms with E-state index in [-0.39, 0.29) is 17.7 Å². The average Bonchev–Trinajstić information content (AvgIpc) is 3.19. The predicted octanol–water partition coefficient (Wildman–Crippen LogP) is 3.54. The van der Waals surface area contributed by atoms with E-state index < -0.39 is 10.0 Å². The van der Waals surface area contributed by atoms with E-state index in [0.29, 0.717) is 18.5 Å². The number of methoxy groups -OCH3 is 1. The number of hydrazone groups is 1. The van der Waals surface area contributed by atoms with Crippen molar-refractivity contribution in [2.75, 3.05) is 17.6 Å². The molecule has 8 heteroatoms. The van der Waals surface area contributed by atoms with Gasteiger partial charge >= 0.3 is 0 Å². The molecule has 2 aromatic rings. The largest absolute Gasteiger partial charge is 0.497 e. The van der Waals surface area contributed by atoms with Crippen LogP contribution >= 0.6 is 0 Å². The summed E-state index contributed by atoms with van der Waals surface area (Å²) in [6, 6.07) is 14.5. The molecular formula is C21H25N3O4S. The van der Waals surface area contributed by atoms with Crippen LogP contribution in [0.5, 0.6) is 5.75 Å². The number of amides is 1. The molecule has 1 heterocycles.